The number of alkyl halides is 2. The maximum absolute atomic E-state index is 11.7. The molecule has 0 amide bonds. The van der Waals surface area contributed by atoms with Gasteiger partial charge in [-0.05, 0) is 6.92 Å². The van der Waals surface area contributed by atoms with E-state index in [4.69, 9.17) is 0 Å². The Bertz CT molecular complexity index is 195. The summed E-state index contributed by atoms with van der Waals surface area (Å²) in [5, 5.41) is 0. The van der Waals surface area contributed by atoms with E-state index in [1.54, 1.807) is 6.92 Å². The predicted octanol–water partition coefficient (Wildman–Crippen LogP) is 1.59. The van der Waals surface area contributed by atoms with Gasteiger partial charge >= 0.3 is 6.55 Å². The monoisotopic (exact) mass is 132 g/mol. The third kappa shape index (κ3) is 1.25. The molecule has 1 rings (SSSR count). The van der Waals surface area contributed by atoms with Gasteiger partial charge in [0.2, 0.25) is 0 Å². The Balaban J connectivity index is 2.85. The van der Waals surface area contributed by atoms with Crippen molar-refractivity contribution in [2.24, 2.45) is 0 Å². The van der Waals surface area contributed by atoms with Gasteiger partial charge in [-0.2, -0.15) is 8.78 Å². The first-order valence-electron chi connectivity index (χ1n) is 2.48. The molecule has 0 radical (unpaired) electrons. The standard InChI is InChI=1S/C5H6F2N2/c1-4-2-9(3-8-4)5(6)7/h2-3,5H,1H3. The zero-order valence-electron chi connectivity index (χ0n) is 4.88. The zero-order valence-corrected chi connectivity index (χ0v) is 4.88. The van der Waals surface area contributed by atoms with Gasteiger partial charge in [-0.1, -0.05) is 0 Å². The highest BCUT2D eigenvalue weighted by Gasteiger charge is 2.02. The van der Waals surface area contributed by atoms with E-state index in [2.05, 4.69) is 4.98 Å². The van der Waals surface area contributed by atoms with E-state index in [-0.39, 0.29) is 0 Å². The van der Waals surface area contributed by atoms with Crippen molar-refractivity contribution in [1.82, 2.24) is 9.55 Å². The molecule has 9 heavy (non-hydrogen) atoms. The maximum Gasteiger partial charge on any atom is 0.319 e. The van der Waals surface area contributed by atoms with Gasteiger partial charge in [-0.25, -0.2) is 4.98 Å². The summed E-state index contributed by atoms with van der Waals surface area (Å²) < 4.78 is 24.2. The van der Waals surface area contributed by atoms with E-state index in [1.807, 2.05) is 0 Å². The van der Waals surface area contributed by atoms with Gasteiger partial charge in [-0.15, -0.1) is 0 Å². The van der Waals surface area contributed by atoms with Crippen molar-refractivity contribution in [3.8, 4) is 0 Å². The normalized spacial score (nSPS) is 10.7. The van der Waals surface area contributed by atoms with Crippen molar-refractivity contribution in [2.75, 3.05) is 0 Å². The fourth-order valence-electron chi connectivity index (χ4n) is 0.547. The second-order valence-electron chi connectivity index (χ2n) is 1.74. The number of imidazole rings is 1. The van der Waals surface area contributed by atoms with Crippen molar-refractivity contribution >= 4 is 0 Å². The van der Waals surface area contributed by atoms with Gasteiger partial charge in [-0.3, -0.25) is 4.57 Å². The molecule has 0 bridgehead atoms. The summed E-state index contributed by atoms with van der Waals surface area (Å²) in [5.41, 5.74) is 0.607. The molecule has 1 heterocycles. The first-order chi connectivity index (χ1) is 4.20. The van der Waals surface area contributed by atoms with Gasteiger partial charge in [0.25, 0.3) is 0 Å². The van der Waals surface area contributed by atoms with Crippen molar-refractivity contribution in [1.29, 1.82) is 0 Å². The van der Waals surface area contributed by atoms with Gasteiger partial charge in [0.15, 0.2) is 0 Å². The van der Waals surface area contributed by atoms with Gasteiger partial charge in [0.1, 0.15) is 0 Å². The quantitative estimate of drug-likeness (QED) is 0.567. The molecule has 0 unspecified atom stereocenters. The van der Waals surface area contributed by atoms with Crippen LogP contribution in [0, 0.1) is 6.92 Å². The minimum absolute atomic E-state index is 0.607. The third-order valence-electron chi connectivity index (χ3n) is 0.956. The van der Waals surface area contributed by atoms with E-state index in [0.717, 1.165) is 10.9 Å². The lowest BCUT2D eigenvalue weighted by molar-refractivity contribution is 0.0701. The molecule has 1 aromatic rings. The fraction of sp³-hybridized carbons (Fsp3) is 0.400. The van der Waals surface area contributed by atoms with Gasteiger partial charge < -0.3 is 0 Å². The van der Waals surface area contributed by atoms with Crippen LogP contribution >= 0.6 is 0 Å². The topological polar surface area (TPSA) is 17.8 Å². The summed E-state index contributed by atoms with van der Waals surface area (Å²) in [6.07, 6.45) is 2.41. The number of hydrogen-bond donors (Lipinski definition) is 0. The lowest BCUT2D eigenvalue weighted by Crippen LogP contribution is -1.91. The molecule has 0 aromatic carbocycles. The average Bonchev–Trinajstić information content (AvgIpc) is 2.14. The molecule has 0 aliphatic heterocycles. The van der Waals surface area contributed by atoms with E-state index in [1.165, 1.54) is 6.20 Å². The largest absolute Gasteiger partial charge is 0.319 e. The van der Waals surface area contributed by atoms with Crippen molar-refractivity contribution < 1.29 is 8.78 Å². The van der Waals surface area contributed by atoms with Crippen LogP contribution in [0.25, 0.3) is 0 Å². The van der Waals surface area contributed by atoms with Crippen LogP contribution in [0.5, 0.6) is 0 Å². The Hall–Kier alpha value is -0.930. The van der Waals surface area contributed by atoms with E-state index < -0.39 is 6.55 Å². The number of rotatable bonds is 1. The zero-order chi connectivity index (χ0) is 6.85. The molecule has 0 spiro atoms. The molecule has 0 N–H and O–H groups in total. The van der Waals surface area contributed by atoms with Crippen LogP contribution in [0.2, 0.25) is 0 Å². The third-order valence-corrected chi connectivity index (χ3v) is 0.956. The lowest BCUT2D eigenvalue weighted by Gasteiger charge is -1.94. The van der Waals surface area contributed by atoms with Crippen LogP contribution in [0.1, 0.15) is 12.2 Å². The molecule has 0 saturated carbocycles. The van der Waals surface area contributed by atoms with Gasteiger partial charge in [0, 0.05) is 6.20 Å². The highest BCUT2D eigenvalue weighted by atomic mass is 19.3. The average molecular weight is 132 g/mol. The minimum Gasteiger partial charge on any atom is -0.280 e. The molecule has 1 aromatic heterocycles. The molecule has 0 aliphatic carbocycles. The highest BCUT2D eigenvalue weighted by molar-refractivity contribution is 4.91. The van der Waals surface area contributed by atoms with E-state index >= 15 is 0 Å². The van der Waals surface area contributed by atoms with E-state index in [0.29, 0.717) is 5.69 Å². The predicted molar refractivity (Wildman–Crippen MR) is 28.2 cm³/mol. The maximum atomic E-state index is 11.7. The number of halogens is 2. The summed E-state index contributed by atoms with van der Waals surface area (Å²) >= 11 is 0. The first kappa shape index (κ1) is 6.19. The van der Waals surface area contributed by atoms with Crippen LogP contribution in [-0.2, 0) is 0 Å². The highest BCUT2D eigenvalue weighted by Crippen LogP contribution is 2.08. The Morgan fingerprint density at radius 3 is 2.56 bits per heavy atom. The molecule has 0 fully saturated rings. The van der Waals surface area contributed by atoms with Crippen molar-refractivity contribution in [2.45, 2.75) is 13.5 Å². The molecule has 4 heteroatoms. The summed E-state index contributed by atoms with van der Waals surface area (Å²) in [6.45, 7) is -0.801. The molecular formula is C5H6F2N2. The number of aryl methyl sites for hydroxylation is 1. The molecule has 0 atom stereocenters. The van der Waals surface area contributed by atoms with Crippen LogP contribution in [0.3, 0.4) is 0 Å². The fourth-order valence-corrected chi connectivity index (χ4v) is 0.547. The van der Waals surface area contributed by atoms with E-state index in [9.17, 15) is 8.78 Å². The molecule has 2 nitrogen and oxygen atoms in total. The van der Waals surface area contributed by atoms with Crippen LogP contribution < -0.4 is 0 Å². The Morgan fingerprint density at radius 2 is 2.33 bits per heavy atom. The molecule has 0 aliphatic rings. The minimum atomic E-state index is -2.47. The Labute approximate surface area is 51.1 Å². The van der Waals surface area contributed by atoms with Crippen LogP contribution in [0.15, 0.2) is 12.5 Å². The summed E-state index contributed by atoms with van der Waals surface area (Å²) in [7, 11) is 0. The second-order valence-corrected chi connectivity index (χ2v) is 1.74. The Morgan fingerprint density at radius 1 is 1.67 bits per heavy atom. The summed E-state index contributed by atoms with van der Waals surface area (Å²) in [4.78, 5) is 3.62. The van der Waals surface area contributed by atoms with Crippen LogP contribution in [0.4, 0.5) is 8.78 Å². The lowest BCUT2D eigenvalue weighted by atomic mass is 10.6. The number of aromatic nitrogens is 2. The Kier molecular flexibility index (Phi) is 1.46. The van der Waals surface area contributed by atoms with Crippen molar-refractivity contribution in [3.63, 3.8) is 0 Å². The molecular weight excluding hydrogens is 126 g/mol. The molecule has 0 saturated heterocycles. The van der Waals surface area contributed by atoms with Gasteiger partial charge in [0.05, 0.1) is 12.0 Å². The molecule has 50 valence electrons. The van der Waals surface area contributed by atoms with Crippen molar-refractivity contribution in [3.05, 3.63) is 18.2 Å². The van der Waals surface area contributed by atoms with Crippen LogP contribution in [-0.4, -0.2) is 9.55 Å². The smallest absolute Gasteiger partial charge is 0.280 e. The second kappa shape index (κ2) is 2.13. The summed E-state index contributed by atoms with van der Waals surface area (Å²) in [5.74, 6) is 0. The number of hydrogen-bond acceptors (Lipinski definition) is 1. The number of nitrogens with zero attached hydrogens (tertiary/aromatic N) is 2. The summed E-state index contributed by atoms with van der Waals surface area (Å²) in [6, 6.07) is 0. The SMILES string of the molecule is Cc1cn(C(F)F)cn1. The first-order valence-corrected chi connectivity index (χ1v) is 2.48.